The molecule has 5 aromatic rings. The van der Waals surface area contributed by atoms with Gasteiger partial charge in [-0.15, -0.1) is 0 Å². The molecule has 1 N–H and O–H groups in total. The molecule has 3 aromatic carbocycles. The number of carbonyl (C=O) groups excluding carboxylic acids is 1. The third-order valence-electron chi connectivity index (χ3n) is 7.18. The highest BCUT2D eigenvalue weighted by Crippen LogP contribution is 2.35. The normalized spacial score (nSPS) is 15.3. The van der Waals surface area contributed by atoms with E-state index in [2.05, 4.69) is 14.8 Å². The topological polar surface area (TPSA) is 50.4 Å². The summed E-state index contributed by atoms with van der Waals surface area (Å²) in [5.41, 5.74) is 3.24. The molecule has 1 unspecified atom stereocenters. The van der Waals surface area contributed by atoms with E-state index in [0.29, 0.717) is 24.4 Å². The van der Waals surface area contributed by atoms with Crippen LogP contribution in [0.5, 0.6) is 0 Å². The van der Waals surface area contributed by atoms with Gasteiger partial charge in [-0.3, -0.25) is 9.69 Å². The Morgan fingerprint density at radius 3 is 2.28 bits per heavy atom. The quantitative estimate of drug-likeness (QED) is 0.266. The fraction of sp³-hybridized carbons (Fsp3) is 0.156. The lowest BCUT2D eigenvalue weighted by Gasteiger charge is -2.37. The lowest BCUT2D eigenvalue weighted by Crippen LogP contribution is -2.38. The van der Waals surface area contributed by atoms with Crippen molar-refractivity contribution in [2.75, 3.05) is 6.54 Å². The molecular weight excluding hydrogens is 496 g/mol. The first-order valence-electron chi connectivity index (χ1n) is 12.9. The third-order valence-corrected chi connectivity index (χ3v) is 7.18. The molecule has 1 atom stereocenters. The lowest BCUT2D eigenvalue weighted by molar-refractivity contribution is 0.0908. The lowest BCUT2D eigenvalue weighted by atomic mass is 9.98. The Hall–Kier alpha value is -4.49. The highest BCUT2D eigenvalue weighted by atomic mass is 19.1. The van der Waals surface area contributed by atoms with Gasteiger partial charge in [0.15, 0.2) is 5.76 Å². The standard InChI is InChI=1S/C32H27F2N3O2/c33-24-13-15-26(27(34)20-24)31-28-12-7-17-36(28)18-19-37(31)21-25-14-16-29(39-25)32(38)35-30(22-8-3-1-4-9-22)23-10-5-2-6-11-23/h1-17,20,30-31H,18-19,21H2,(H,35,38). The van der Waals surface area contributed by atoms with Crippen LogP contribution in [0.1, 0.15) is 50.8 Å². The van der Waals surface area contributed by atoms with Crippen molar-refractivity contribution in [3.05, 3.63) is 155 Å². The van der Waals surface area contributed by atoms with Crippen molar-refractivity contribution in [1.82, 2.24) is 14.8 Å². The molecule has 0 bridgehead atoms. The molecule has 1 aliphatic rings. The number of rotatable bonds is 7. The molecule has 0 aliphatic carbocycles. The number of furan rings is 1. The summed E-state index contributed by atoms with van der Waals surface area (Å²) in [6, 6.07) is 29.8. The van der Waals surface area contributed by atoms with Crippen LogP contribution in [0.25, 0.3) is 0 Å². The van der Waals surface area contributed by atoms with Crippen LogP contribution in [0, 0.1) is 11.6 Å². The monoisotopic (exact) mass is 523 g/mol. The average molecular weight is 524 g/mol. The van der Waals surface area contributed by atoms with Crippen molar-refractivity contribution >= 4 is 5.91 Å². The molecule has 0 fully saturated rings. The van der Waals surface area contributed by atoms with E-state index in [1.165, 1.54) is 12.1 Å². The van der Waals surface area contributed by atoms with Gasteiger partial charge in [0.2, 0.25) is 0 Å². The number of hydrogen-bond acceptors (Lipinski definition) is 3. The smallest absolute Gasteiger partial charge is 0.287 e. The van der Waals surface area contributed by atoms with E-state index in [1.807, 2.05) is 79.0 Å². The van der Waals surface area contributed by atoms with Crippen LogP contribution < -0.4 is 5.32 Å². The van der Waals surface area contributed by atoms with Gasteiger partial charge < -0.3 is 14.3 Å². The van der Waals surface area contributed by atoms with Crippen molar-refractivity contribution in [1.29, 1.82) is 0 Å². The second kappa shape index (κ2) is 10.7. The van der Waals surface area contributed by atoms with Crippen LogP contribution >= 0.6 is 0 Å². The maximum atomic E-state index is 14.9. The van der Waals surface area contributed by atoms with Crippen LogP contribution in [0.4, 0.5) is 8.78 Å². The zero-order valence-corrected chi connectivity index (χ0v) is 21.1. The predicted molar refractivity (Wildman–Crippen MR) is 144 cm³/mol. The summed E-state index contributed by atoms with van der Waals surface area (Å²) >= 11 is 0. The Balaban J connectivity index is 1.24. The van der Waals surface area contributed by atoms with Crippen LogP contribution in [0.15, 0.2) is 114 Å². The first kappa shape index (κ1) is 24.8. The summed E-state index contributed by atoms with van der Waals surface area (Å²) < 4.78 is 36.7. The van der Waals surface area contributed by atoms with E-state index in [-0.39, 0.29) is 17.7 Å². The molecule has 0 spiro atoms. The first-order valence-corrected chi connectivity index (χ1v) is 12.9. The van der Waals surface area contributed by atoms with Crippen molar-refractivity contribution in [2.45, 2.75) is 25.2 Å². The predicted octanol–water partition coefficient (Wildman–Crippen LogP) is 6.48. The van der Waals surface area contributed by atoms with E-state index in [1.54, 1.807) is 12.1 Å². The van der Waals surface area contributed by atoms with Gasteiger partial charge in [0.05, 0.1) is 18.6 Å². The molecule has 196 valence electrons. The number of fused-ring (bicyclic) bond motifs is 1. The Morgan fingerprint density at radius 2 is 1.59 bits per heavy atom. The Kier molecular flexibility index (Phi) is 6.82. The summed E-state index contributed by atoms with van der Waals surface area (Å²) in [7, 11) is 0. The second-order valence-corrected chi connectivity index (χ2v) is 9.66. The van der Waals surface area contributed by atoms with Gasteiger partial charge in [-0.25, -0.2) is 8.78 Å². The van der Waals surface area contributed by atoms with Gasteiger partial charge >= 0.3 is 0 Å². The summed E-state index contributed by atoms with van der Waals surface area (Å²) in [4.78, 5) is 15.4. The third kappa shape index (κ3) is 5.13. The molecule has 0 radical (unpaired) electrons. The number of nitrogens with one attached hydrogen (secondary N) is 1. The maximum absolute atomic E-state index is 14.9. The number of hydrogen-bond donors (Lipinski definition) is 1. The summed E-state index contributed by atoms with van der Waals surface area (Å²) in [6.45, 7) is 1.72. The van der Waals surface area contributed by atoms with Gasteiger partial charge in [0.25, 0.3) is 5.91 Å². The van der Waals surface area contributed by atoms with Gasteiger partial charge in [0, 0.05) is 36.6 Å². The van der Waals surface area contributed by atoms with E-state index in [9.17, 15) is 13.6 Å². The zero-order valence-electron chi connectivity index (χ0n) is 21.1. The van der Waals surface area contributed by atoms with Gasteiger partial charge in [0.1, 0.15) is 17.4 Å². The number of aromatic nitrogens is 1. The molecule has 5 nitrogen and oxygen atoms in total. The molecule has 0 saturated carbocycles. The number of nitrogens with zero attached hydrogens (tertiary/aromatic N) is 2. The average Bonchev–Trinajstić information content (AvgIpc) is 3.63. The molecule has 0 saturated heterocycles. The molecule has 2 aromatic heterocycles. The number of benzene rings is 3. The van der Waals surface area contributed by atoms with E-state index >= 15 is 0 Å². The molecular formula is C32H27F2N3O2. The zero-order chi connectivity index (χ0) is 26.8. The van der Waals surface area contributed by atoms with Crippen LogP contribution in [0.3, 0.4) is 0 Å². The molecule has 6 rings (SSSR count). The van der Waals surface area contributed by atoms with Crippen molar-refractivity contribution in [3.63, 3.8) is 0 Å². The van der Waals surface area contributed by atoms with Crippen LogP contribution in [-0.2, 0) is 13.1 Å². The molecule has 1 amide bonds. The minimum atomic E-state index is -0.611. The van der Waals surface area contributed by atoms with E-state index in [0.717, 1.165) is 29.4 Å². The summed E-state index contributed by atoms with van der Waals surface area (Å²) in [6.07, 6.45) is 1.96. The summed E-state index contributed by atoms with van der Waals surface area (Å²) in [5.74, 6) is -0.741. The molecule has 1 aliphatic heterocycles. The summed E-state index contributed by atoms with van der Waals surface area (Å²) in [5, 5.41) is 3.11. The SMILES string of the molecule is O=C(NC(c1ccccc1)c1ccccc1)c1ccc(CN2CCn3cccc3C2c2ccc(F)cc2F)o1. The number of carbonyl (C=O) groups is 1. The second-order valence-electron chi connectivity index (χ2n) is 9.66. The Labute approximate surface area is 225 Å². The van der Waals surface area contributed by atoms with Crippen LogP contribution in [0.2, 0.25) is 0 Å². The Morgan fingerprint density at radius 1 is 0.872 bits per heavy atom. The molecule has 39 heavy (non-hydrogen) atoms. The largest absolute Gasteiger partial charge is 0.455 e. The minimum Gasteiger partial charge on any atom is -0.455 e. The molecule has 3 heterocycles. The van der Waals surface area contributed by atoms with Crippen molar-refractivity contribution in [3.8, 4) is 0 Å². The maximum Gasteiger partial charge on any atom is 0.287 e. The van der Waals surface area contributed by atoms with Crippen molar-refractivity contribution < 1.29 is 18.0 Å². The highest BCUT2D eigenvalue weighted by Gasteiger charge is 2.32. The number of amides is 1. The number of halogens is 2. The van der Waals surface area contributed by atoms with Crippen LogP contribution in [-0.4, -0.2) is 21.9 Å². The minimum absolute atomic E-state index is 0.201. The van der Waals surface area contributed by atoms with E-state index < -0.39 is 17.7 Å². The Bertz CT molecular complexity index is 1540. The molecule has 7 heteroatoms. The first-order chi connectivity index (χ1) is 19.1. The van der Waals surface area contributed by atoms with Gasteiger partial charge in [-0.2, -0.15) is 0 Å². The fourth-order valence-corrected chi connectivity index (χ4v) is 5.32. The van der Waals surface area contributed by atoms with E-state index in [4.69, 9.17) is 4.42 Å². The van der Waals surface area contributed by atoms with Gasteiger partial charge in [-0.05, 0) is 41.5 Å². The van der Waals surface area contributed by atoms with Gasteiger partial charge in [-0.1, -0.05) is 66.7 Å². The fourth-order valence-electron chi connectivity index (χ4n) is 5.32. The van der Waals surface area contributed by atoms with Crippen molar-refractivity contribution in [2.24, 2.45) is 0 Å². The highest BCUT2D eigenvalue weighted by molar-refractivity contribution is 5.92.